The van der Waals surface area contributed by atoms with Crippen molar-refractivity contribution in [3.8, 4) is 0 Å². The lowest BCUT2D eigenvalue weighted by Gasteiger charge is -2.36. The van der Waals surface area contributed by atoms with Gasteiger partial charge in [-0.25, -0.2) is 4.98 Å². The van der Waals surface area contributed by atoms with Crippen LogP contribution in [0.25, 0.3) is 0 Å². The minimum atomic E-state index is -0.278. The number of β-amino-alcohol motifs (C(OH)–C–C–N with tert-alkyl or cyclic N) is 1. The molecule has 2 aromatic rings. The summed E-state index contributed by atoms with van der Waals surface area (Å²) in [6.07, 6.45) is 1.63. The van der Waals surface area contributed by atoms with Crippen molar-refractivity contribution in [2.75, 3.05) is 49.7 Å². The van der Waals surface area contributed by atoms with Gasteiger partial charge in [0.05, 0.1) is 24.1 Å². The normalized spacial score (nSPS) is 20.1. The van der Waals surface area contributed by atoms with E-state index in [4.69, 9.17) is 14.7 Å². The first-order chi connectivity index (χ1) is 13.0. The highest BCUT2D eigenvalue weighted by Crippen LogP contribution is 2.29. The third kappa shape index (κ3) is 3.77. The van der Waals surface area contributed by atoms with Crippen LogP contribution in [0, 0.1) is 13.8 Å². The van der Waals surface area contributed by atoms with Gasteiger partial charge < -0.3 is 19.6 Å². The largest absolute Gasteiger partial charge is 0.389 e. The van der Waals surface area contributed by atoms with Crippen LogP contribution in [0.1, 0.15) is 35.0 Å². The number of nitrogens with one attached hydrogen (secondary N) is 1. The number of aliphatic hydroxyl groups excluding tert-OH is 1. The van der Waals surface area contributed by atoms with Crippen LogP contribution in [-0.4, -0.2) is 71.3 Å². The molecule has 1 unspecified atom stereocenters. The smallest absolute Gasteiger partial charge is 0.227 e. The molecule has 0 aliphatic carbocycles. The van der Waals surface area contributed by atoms with Crippen LogP contribution >= 0.6 is 0 Å². The number of aliphatic hydroxyl groups is 1. The minimum absolute atomic E-state index is 0.278. The average Bonchev–Trinajstić information content (AvgIpc) is 3.27. The van der Waals surface area contributed by atoms with Crippen LogP contribution in [-0.2, 0) is 11.2 Å². The van der Waals surface area contributed by atoms with Gasteiger partial charge in [-0.3, -0.25) is 5.10 Å². The fourth-order valence-corrected chi connectivity index (χ4v) is 3.71. The Bertz CT molecular complexity index is 776. The molecule has 0 saturated carbocycles. The number of anilines is 2. The van der Waals surface area contributed by atoms with Crippen LogP contribution < -0.4 is 9.80 Å². The molecule has 146 valence electrons. The van der Waals surface area contributed by atoms with Gasteiger partial charge >= 0.3 is 0 Å². The number of aromatic amines is 1. The van der Waals surface area contributed by atoms with E-state index in [1.807, 2.05) is 11.8 Å². The molecule has 8 heteroatoms. The van der Waals surface area contributed by atoms with Crippen molar-refractivity contribution in [3.05, 3.63) is 28.7 Å². The molecule has 8 nitrogen and oxygen atoms in total. The average molecular weight is 372 g/mol. The third-order valence-corrected chi connectivity index (χ3v) is 5.58. The zero-order valence-corrected chi connectivity index (χ0v) is 16.3. The van der Waals surface area contributed by atoms with Gasteiger partial charge in [0.25, 0.3) is 0 Å². The number of likely N-dealkylation sites (N-methyl/N-ethyl adjacent to an activating group) is 1. The van der Waals surface area contributed by atoms with E-state index in [1.54, 1.807) is 0 Å². The summed E-state index contributed by atoms with van der Waals surface area (Å²) in [5.74, 6) is 1.95. The molecule has 2 aromatic heterocycles. The van der Waals surface area contributed by atoms with Gasteiger partial charge in [-0.05, 0) is 32.3 Å². The molecule has 0 radical (unpaired) electrons. The van der Waals surface area contributed by atoms with Gasteiger partial charge in [0.2, 0.25) is 5.95 Å². The highest BCUT2D eigenvalue weighted by molar-refractivity contribution is 5.48. The van der Waals surface area contributed by atoms with Crippen LogP contribution in [0.2, 0.25) is 0 Å². The number of nitrogens with zero attached hydrogens (tertiary/aromatic N) is 5. The molecule has 2 fully saturated rings. The maximum atomic E-state index is 9.64. The Morgan fingerprint density at radius 2 is 2.15 bits per heavy atom. The first-order valence-electron chi connectivity index (χ1n) is 9.62. The fraction of sp³-hybridized carbons (Fsp3) is 0.632. The summed E-state index contributed by atoms with van der Waals surface area (Å²) in [5.41, 5.74) is 4.49. The molecular weight excluding hydrogens is 344 g/mol. The van der Waals surface area contributed by atoms with E-state index < -0.39 is 0 Å². The highest BCUT2D eigenvalue weighted by atomic mass is 16.5. The maximum Gasteiger partial charge on any atom is 0.227 e. The maximum absolute atomic E-state index is 9.64. The topological polar surface area (TPSA) is 90.4 Å². The monoisotopic (exact) mass is 372 g/mol. The fourth-order valence-electron chi connectivity index (χ4n) is 3.71. The molecule has 2 saturated heterocycles. The minimum Gasteiger partial charge on any atom is -0.389 e. The summed E-state index contributed by atoms with van der Waals surface area (Å²) in [7, 11) is 2.07. The van der Waals surface area contributed by atoms with Gasteiger partial charge in [0.1, 0.15) is 5.82 Å². The van der Waals surface area contributed by atoms with E-state index in [2.05, 4.69) is 35.1 Å². The first kappa shape index (κ1) is 18.2. The number of H-pyrrole nitrogens is 1. The van der Waals surface area contributed by atoms with E-state index in [1.165, 1.54) is 5.56 Å². The van der Waals surface area contributed by atoms with Gasteiger partial charge in [0.15, 0.2) is 0 Å². The van der Waals surface area contributed by atoms with E-state index in [0.717, 1.165) is 55.5 Å². The summed E-state index contributed by atoms with van der Waals surface area (Å²) >= 11 is 0. The molecule has 4 rings (SSSR count). The van der Waals surface area contributed by atoms with Crippen LogP contribution in [0.4, 0.5) is 11.8 Å². The number of aryl methyl sites for hydroxylation is 2. The summed E-state index contributed by atoms with van der Waals surface area (Å²) < 4.78 is 5.55. The van der Waals surface area contributed by atoms with Crippen LogP contribution in [0.3, 0.4) is 0 Å². The quantitative estimate of drug-likeness (QED) is 0.787. The Morgan fingerprint density at radius 3 is 2.78 bits per heavy atom. The van der Waals surface area contributed by atoms with Gasteiger partial charge in [-0.1, -0.05) is 0 Å². The molecule has 0 aromatic carbocycles. The predicted octanol–water partition coefficient (Wildman–Crippen LogP) is 1.18. The number of rotatable bonds is 6. The van der Waals surface area contributed by atoms with Crippen LogP contribution in [0.15, 0.2) is 6.07 Å². The summed E-state index contributed by atoms with van der Waals surface area (Å²) in [6.45, 7) is 7.65. The van der Waals surface area contributed by atoms with Gasteiger partial charge in [-0.2, -0.15) is 10.1 Å². The van der Waals surface area contributed by atoms with Gasteiger partial charge in [-0.15, -0.1) is 0 Å². The van der Waals surface area contributed by atoms with Crippen molar-refractivity contribution >= 4 is 11.8 Å². The Balaban J connectivity index is 1.54. The van der Waals surface area contributed by atoms with Crippen LogP contribution in [0.5, 0.6) is 0 Å². The Labute approximate surface area is 159 Å². The number of hydrogen-bond donors (Lipinski definition) is 2. The second kappa shape index (κ2) is 7.44. The lowest BCUT2D eigenvalue weighted by molar-refractivity contribution is 0.140. The Hall–Kier alpha value is -2.19. The van der Waals surface area contributed by atoms with Gasteiger partial charge in [0, 0.05) is 51.0 Å². The van der Waals surface area contributed by atoms with E-state index in [9.17, 15) is 5.11 Å². The molecule has 0 amide bonds. The highest BCUT2D eigenvalue weighted by Gasteiger charge is 2.29. The van der Waals surface area contributed by atoms with Crippen molar-refractivity contribution in [2.24, 2.45) is 0 Å². The lowest BCUT2D eigenvalue weighted by Crippen LogP contribution is -2.51. The molecule has 1 atom stereocenters. The number of ether oxygens (including phenoxy) is 1. The van der Waals surface area contributed by atoms with E-state index in [-0.39, 0.29) is 6.10 Å². The van der Waals surface area contributed by atoms with Crippen molar-refractivity contribution in [1.29, 1.82) is 0 Å². The SMILES string of the molecule is Cc1n[nH]c(C)c1CCN(C)c1cc(C2CCOC2)nc(N2CC(O)C2)n1. The zero-order valence-electron chi connectivity index (χ0n) is 16.3. The zero-order chi connectivity index (χ0) is 19.0. The second-order valence-electron chi connectivity index (χ2n) is 7.65. The number of aromatic nitrogens is 4. The van der Waals surface area contributed by atoms with Crippen molar-refractivity contribution in [1.82, 2.24) is 20.2 Å². The van der Waals surface area contributed by atoms with E-state index in [0.29, 0.717) is 25.0 Å². The third-order valence-electron chi connectivity index (χ3n) is 5.58. The molecule has 2 N–H and O–H groups in total. The van der Waals surface area contributed by atoms with Crippen molar-refractivity contribution < 1.29 is 9.84 Å². The lowest BCUT2D eigenvalue weighted by atomic mass is 10.0. The van der Waals surface area contributed by atoms with Crippen molar-refractivity contribution in [2.45, 2.75) is 38.7 Å². The molecule has 2 aliphatic heterocycles. The Morgan fingerprint density at radius 1 is 1.33 bits per heavy atom. The summed E-state index contributed by atoms with van der Waals surface area (Å²) in [6, 6.07) is 2.09. The van der Waals surface area contributed by atoms with Crippen molar-refractivity contribution in [3.63, 3.8) is 0 Å². The summed E-state index contributed by atoms with van der Waals surface area (Å²) in [4.78, 5) is 13.8. The first-order valence-corrected chi connectivity index (χ1v) is 9.62. The molecule has 0 bridgehead atoms. The molecular formula is C19H28N6O2. The standard InChI is InChI=1S/C19H28N6O2/c1-12-16(13(2)23-22-12)4-6-24(3)18-8-17(14-5-7-27-11-14)20-19(21-18)25-9-15(26)10-25/h8,14-15,26H,4-7,9-11H2,1-3H3,(H,22,23). The second-order valence-corrected chi connectivity index (χ2v) is 7.65. The van der Waals surface area contributed by atoms with E-state index >= 15 is 0 Å². The molecule has 4 heterocycles. The molecule has 2 aliphatic rings. The Kier molecular flexibility index (Phi) is 5.01. The predicted molar refractivity (Wildman–Crippen MR) is 103 cm³/mol. The molecule has 27 heavy (non-hydrogen) atoms. The number of hydrogen-bond acceptors (Lipinski definition) is 7. The summed E-state index contributed by atoms with van der Waals surface area (Å²) in [5, 5.41) is 17.0. The molecule has 0 spiro atoms.